The predicted molar refractivity (Wildman–Crippen MR) is 53.8 cm³/mol. The van der Waals surface area contributed by atoms with Gasteiger partial charge in [-0.05, 0) is 20.9 Å². The number of likely N-dealkylation sites (N-methyl/N-ethyl adjacent to an activating group) is 1. The molecule has 1 aromatic heterocycles. The Morgan fingerprint density at radius 2 is 2.14 bits per heavy atom. The zero-order chi connectivity index (χ0) is 10.3. The van der Waals surface area contributed by atoms with Crippen molar-refractivity contribution in [2.24, 2.45) is 0 Å². The molecule has 0 bridgehead atoms. The Labute approximate surface area is 84.2 Å². The molecule has 0 aromatic carbocycles. The van der Waals surface area contributed by atoms with Gasteiger partial charge in [-0.2, -0.15) is 0 Å². The second-order valence-corrected chi connectivity index (χ2v) is 4.52. The average molecular weight is 195 g/mol. The first-order chi connectivity index (χ1) is 6.48. The van der Waals surface area contributed by atoms with Crippen LogP contribution in [0.1, 0.15) is 25.4 Å². The summed E-state index contributed by atoms with van der Waals surface area (Å²) in [6.45, 7) is 6.42. The second-order valence-electron chi connectivity index (χ2n) is 4.52. The summed E-state index contributed by atoms with van der Waals surface area (Å²) in [6.07, 6.45) is 1.86. The van der Waals surface area contributed by atoms with Crippen molar-refractivity contribution < 1.29 is 5.11 Å². The van der Waals surface area contributed by atoms with Gasteiger partial charge in [-0.3, -0.25) is 4.90 Å². The molecule has 78 valence electrons. The Morgan fingerprint density at radius 3 is 2.79 bits per heavy atom. The van der Waals surface area contributed by atoms with Crippen molar-refractivity contribution in [3.05, 3.63) is 17.7 Å². The normalized spacial score (nSPS) is 18.3. The van der Waals surface area contributed by atoms with E-state index < -0.39 is 5.60 Å². The summed E-state index contributed by atoms with van der Waals surface area (Å²) in [7, 11) is 2.10. The summed E-state index contributed by atoms with van der Waals surface area (Å²) in [4.78, 5) is 6.54. The van der Waals surface area contributed by atoms with Gasteiger partial charge in [0.15, 0.2) is 0 Å². The van der Waals surface area contributed by atoms with Crippen LogP contribution in [0.4, 0.5) is 0 Å². The van der Waals surface area contributed by atoms with E-state index in [0.717, 1.165) is 25.5 Å². The van der Waals surface area contributed by atoms with E-state index >= 15 is 0 Å². The molecule has 0 saturated carbocycles. The molecule has 0 fully saturated rings. The quantitative estimate of drug-likeness (QED) is 0.711. The number of nitrogens with zero attached hydrogens (tertiary/aromatic N) is 3. The van der Waals surface area contributed by atoms with Crippen LogP contribution >= 0.6 is 0 Å². The van der Waals surface area contributed by atoms with E-state index in [1.54, 1.807) is 13.8 Å². The zero-order valence-corrected chi connectivity index (χ0v) is 8.99. The molecule has 4 nitrogen and oxygen atoms in total. The maximum absolute atomic E-state index is 9.90. The number of hydrogen-bond acceptors (Lipinski definition) is 3. The Kier molecular flexibility index (Phi) is 2.12. The first kappa shape index (κ1) is 9.68. The standard InChI is InChI=1S/C10H17N3O/c1-10(2,14)9-11-6-8-7-12(3)4-5-13(8)9/h6,14H,4-5,7H2,1-3H3. The van der Waals surface area contributed by atoms with E-state index in [1.165, 1.54) is 5.69 Å². The molecule has 0 radical (unpaired) electrons. The van der Waals surface area contributed by atoms with E-state index in [2.05, 4.69) is 21.5 Å². The van der Waals surface area contributed by atoms with Crippen LogP contribution in [0.25, 0.3) is 0 Å². The van der Waals surface area contributed by atoms with E-state index in [0.29, 0.717) is 0 Å². The number of fused-ring (bicyclic) bond motifs is 1. The van der Waals surface area contributed by atoms with Crippen LogP contribution in [0, 0.1) is 0 Å². The monoisotopic (exact) mass is 195 g/mol. The van der Waals surface area contributed by atoms with Crippen molar-refractivity contribution in [3.8, 4) is 0 Å². The lowest BCUT2D eigenvalue weighted by molar-refractivity contribution is 0.0624. The Morgan fingerprint density at radius 1 is 1.43 bits per heavy atom. The SMILES string of the molecule is CN1CCn2c(cnc2C(C)(C)O)C1. The van der Waals surface area contributed by atoms with E-state index in [-0.39, 0.29) is 0 Å². The predicted octanol–water partition coefficient (Wildman–Crippen LogP) is 0.556. The highest BCUT2D eigenvalue weighted by Gasteiger charge is 2.26. The van der Waals surface area contributed by atoms with Gasteiger partial charge in [-0.1, -0.05) is 0 Å². The van der Waals surface area contributed by atoms with E-state index in [4.69, 9.17) is 0 Å². The zero-order valence-electron chi connectivity index (χ0n) is 8.99. The highest BCUT2D eigenvalue weighted by molar-refractivity contribution is 5.12. The molecule has 2 rings (SSSR count). The molecule has 1 aromatic rings. The fourth-order valence-electron chi connectivity index (χ4n) is 1.90. The number of aromatic nitrogens is 2. The third-order valence-corrected chi connectivity index (χ3v) is 2.62. The summed E-state index contributed by atoms with van der Waals surface area (Å²) in [5, 5.41) is 9.90. The van der Waals surface area contributed by atoms with E-state index in [9.17, 15) is 5.11 Å². The summed E-state index contributed by atoms with van der Waals surface area (Å²) in [5.74, 6) is 0.778. The third kappa shape index (κ3) is 1.55. The number of hydrogen-bond donors (Lipinski definition) is 1. The molecule has 1 aliphatic rings. The summed E-state index contributed by atoms with van der Waals surface area (Å²) in [6, 6.07) is 0. The molecule has 0 spiro atoms. The summed E-state index contributed by atoms with van der Waals surface area (Å²) in [5.41, 5.74) is 0.351. The first-order valence-corrected chi connectivity index (χ1v) is 4.94. The van der Waals surface area contributed by atoms with Crippen LogP contribution in [0.5, 0.6) is 0 Å². The van der Waals surface area contributed by atoms with Gasteiger partial charge in [0.05, 0.1) is 5.69 Å². The van der Waals surface area contributed by atoms with Gasteiger partial charge in [0.2, 0.25) is 0 Å². The van der Waals surface area contributed by atoms with Gasteiger partial charge in [-0.25, -0.2) is 4.98 Å². The second kappa shape index (κ2) is 3.07. The van der Waals surface area contributed by atoms with Crippen LogP contribution in [0.2, 0.25) is 0 Å². The van der Waals surface area contributed by atoms with Crippen LogP contribution < -0.4 is 0 Å². The minimum absolute atomic E-state index is 0.778. The molecule has 2 heterocycles. The first-order valence-electron chi connectivity index (χ1n) is 4.94. The smallest absolute Gasteiger partial charge is 0.140 e. The third-order valence-electron chi connectivity index (χ3n) is 2.62. The highest BCUT2D eigenvalue weighted by Crippen LogP contribution is 2.22. The maximum Gasteiger partial charge on any atom is 0.140 e. The average Bonchev–Trinajstić information content (AvgIpc) is 2.45. The van der Waals surface area contributed by atoms with Gasteiger partial charge < -0.3 is 9.67 Å². The minimum atomic E-state index is -0.839. The molecular formula is C10H17N3O. The Balaban J connectivity index is 2.38. The van der Waals surface area contributed by atoms with Gasteiger partial charge in [-0.15, -0.1) is 0 Å². The lowest BCUT2D eigenvalue weighted by atomic mass is 10.1. The molecule has 0 amide bonds. The van der Waals surface area contributed by atoms with Crippen molar-refractivity contribution in [3.63, 3.8) is 0 Å². The number of rotatable bonds is 1. The van der Waals surface area contributed by atoms with Crippen molar-refractivity contribution in [1.82, 2.24) is 14.5 Å². The fraction of sp³-hybridized carbons (Fsp3) is 0.700. The molecule has 14 heavy (non-hydrogen) atoms. The molecule has 0 unspecified atom stereocenters. The molecule has 0 saturated heterocycles. The molecule has 4 heteroatoms. The van der Waals surface area contributed by atoms with Crippen LogP contribution in [-0.2, 0) is 18.7 Å². The van der Waals surface area contributed by atoms with Gasteiger partial charge >= 0.3 is 0 Å². The van der Waals surface area contributed by atoms with Crippen molar-refractivity contribution in [1.29, 1.82) is 0 Å². The van der Waals surface area contributed by atoms with Gasteiger partial charge in [0.1, 0.15) is 11.4 Å². The maximum atomic E-state index is 9.90. The fourth-order valence-corrected chi connectivity index (χ4v) is 1.90. The molecule has 1 aliphatic heterocycles. The summed E-state index contributed by atoms with van der Waals surface area (Å²) < 4.78 is 2.12. The van der Waals surface area contributed by atoms with Crippen molar-refractivity contribution in [2.75, 3.05) is 13.6 Å². The Hall–Kier alpha value is -0.870. The van der Waals surface area contributed by atoms with Gasteiger partial charge in [0, 0.05) is 25.8 Å². The molecular weight excluding hydrogens is 178 g/mol. The van der Waals surface area contributed by atoms with Crippen LogP contribution in [-0.4, -0.2) is 33.1 Å². The largest absolute Gasteiger partial charge is 0.383 e. The lowest BCUT2D eigenvalue weighted by Gasteiger charge is -2.27. The van der Waals surface area contributed by atoms with Gasteiger partial charge in [0.25, 0.3) is 0 Å². The van der Waals surface area contributed by atoms with Crippen molar-refractivity contribution >= 4 is 0 Å². The van der Waals surface area contributed by atoms with Crippen LogP contribution in [0.3, 0.4) is 0 Å². The van der Waals surface area contributed by atoms with Crippen LogP contribution in [0.15, 0.2) is 6.20 Å². The Bertz CT molecular complexity index is 338. The van der Waals surface area contributed by atoms with E-state index in [1.807, 2.05) is 6.20 Å². The molecule has 1 N–H and O–H groups in total. The number of imidazole rings is 1. The topological polar surface area (TPSA) is 41.3 Å². The molecule has 0 aliphatic carbocycles. The highest BCUT2D eigenvalue weighted by atomic mass is 16.3. The lowest BCUT2D eigenvalue weighted by Crippen LogP contribution is -2.33. The van der Waals surface area contributed by atoms with Crippen molar-refractivity contribution in [2.45, 2.75) is 32.5 Å². The summed E-state index contributed by atoms with van der Waals surface area (Å²) >= 11 is 0. The number of aliphatic hydroxyl groups is 1. The minimum Gasteiger partial charge on any atom is -0.383 e. The molecule has 0 atom stereocenters.